The first-order valence-electron chi connectivity index (χ1n) is 2.54. The number of rotatable bonds is 1. The van der Waals surface area contributed by atoms with Crippen LogP contribution in [0, 0.1) is 22.7 Å². The van der Waals surface area contributed by atoms with Crippen molar-refractivity contribution < 1.29 is 0 Å². The number of hydrogen-bond donors (Lipinski definition) is 0. The van der Waals surface area contributed by atoms with Gasteiger partial charge in [-0.3, -0.25) is 9.98 Å². The average Bonchev–Trinajstić information content (AvgIpc) is 2.00. The van der Waals surface area contributed by atoms with Crippen LogP contribution in [0.3, 0.4) is 0 Å². The molecule has 0 aliphatic carbocycles. The molecule has 0 atom stereocenters. The predicted molar refractivity (Wildman–Crippen MR) is 37.9 cm³/mol. The fourth-order valence-corrected chi connectivity index (χ4v) is 0.418. The molecule has 0 aliphatic rings. The first kappa shape index (κ1) is 8.32. The van der Waals surface area contributed by atoms with Gasteiger partial charge < -0.3 is 0 Å². The van der Waals surface area contributed by atoms with Crippen LogP contribution in [0.25, 0.3) is 0 Å². The molecule has 0 bridgehead atoms. The Bertz CT molecular complexity index is 220. The minimum absolute atomic E-state index is 0.0741. The number of nitriles is 2. The van der Waals surface area contributed by atoms with Crippen molar-refractivity contribution in [2.45, 2.75) is 0 Å². The smallest absolute Gasteiger partial charge is 0.171 e. The lowest BCUT2D eigenvalue weighted by Crippen LogP contribution is -2.08. The summed E-state index contributed by atoms with van der Waals surface area (Å²) >= 11 is 0. The van der Waals surface area contributed by atoms with Gasteiger partial charge in [-0.15, -0.1) is 0 Å². The second-order valence-electron chi connectivity index (χ2n) is 1.37. The first-order valence-corrected chi connectivity index (χ1v) is 2.54. The lowest BCUT2D eigenvalue weighted by Gasteiger charge is -1.86. The van der Waals surface area contributed by atoms with Crippen molar-refractivity contribution in [3.63, 3.8) is 0 Å². The molecular weight excluding hydrogens is 128 g/mol. The van der Waals surface area contributed by atoms with Crippen molar-refractivity contribution in [1.29, 1.82) is 10.5 Å². The van der Waals surface area contributed by atoms with E-state index in [4.69, 9.17) is 10.5 Å². The quantitative estimate of drug-likeness (QED) is 0.479. The Kier molecular flexibility index (Phi) is 3.51. The summed E-state index contributed by atoms with van der Waals surface area (Å²) in [5.41, 5.74) is 0.148. The van der Waals surface area contributed by atoms with Crippen LogP contribution in [0.5, 0.6) is 0 Å². The second kappa shape index (κ2) is 4.22. The van der Waals surface area contributed by atoms with E-state index in [1.54, 1.807) is 12.1 Å². The van der Waals surface area contributed by atoms with E-state index in [0.717, 1.165) is 0 Å². The van der Waals surface area contributed by atoms with E-state index in [1.807, 2.05) is 0 Å². The van der Waals surface area contributed by atoms with Crippen LogP contribution in [0.15, 0.2) is 9.98 Å². The maximum atomic E-state index is 8.35. The van der Waals surface area contributed by atoms with E-state index in [1.165, 1.54) is 14.1 Å². The van der Waals surface area contributed by atoms with Gasteiger partial charge in [-0.2, -0.15) is 10.5 Å². The van der Waals surface area contributed by atoms with Crippen molar-refractivity contribution in [2.24, 2.45) is 9.98 Å². The third-order valence-corrected chi connectivity index (χ3v) is 0.883. The SMILES string of the molecule is CN=C(C#N)C(C#N)=NC. The molecule has 0 rings (SSSR count). The molecule has 0 heterocycles. The van der Waals surface area contributed by atoms with Crippen LogP contribution in [0.4, 0.5) is 0 Å². The van der Waals surface area contributed by atoms with E-state index in [2.05, 4.69) is 9.98 Å². The molecule has 0 amide bonds. The van der Waals surface area contributed by atoms with Crippen LogP contribution in [-0.4, -0.2) is 25.5 Å². The summed E-state index contributed by atoms with van der Waals surface area (Å²) in [5.74, 6) is 0. The molecule has 0 unspecified atom stereocenters. The average molecular weight is 134 g/mol. The molecule has 0 saturated carbocycles. The summed E-state index contributed by atoms with van der Waals surface area (Å²) in [5, 5.41) is 16.7. The zero-order chi connectivity index (χ0) is 7.98. The van der Waals surface area contributed by atoms with Crippen molar-refractivity contribution in [3.8, 4) is 12.1 Å². The molecule has 0 aromatic heterocycles. The summed E-state index contributed by atoms with van der Waals surface area (Å²) in [6.07, 6.45) is 0. The van der Waals surface area contributed by atoms with Gasteiger partial charge in [0, 0.05) is 14.1 Å². The number of nitrogens with zero attached hydrogens (tertiary/aromatic N) is 4. The Balaban J connectivity index is 4.70. The summed E-state index contributed by atoms with van der Waals surface area (Å²) in [6.45, 7) is 0. The minimum atomic E-state index is 0.0741. The molecule has 10 heavy (non-hydrogen) atoms. The minimum Gasteiger partial charge on any atom is -0.275 e. The fourth-order valence-electron chi connectivity index (χ4n) is 0.418. The standard InChI is InChI=1S/C6H6N4/c1-9-5(3-7)6(4-8)10-2/h1-2H3. The van der Waals surface area contributed by atoms with Crippen molar-refractivity contribution in [1.82, 2.24) is 0 Å². The van der Waals surface area contributed by atoms with Gasteiger partial charge in [0.25, 0.3) is 0 Å². The van der Waals surface area contributed by atoms with Crippen molar-refractivity contribution >= 4 is 11.4 Å². The molecule has 4 nitrogen and oxygen atoms in total. The van der Waals surface area contributed by atoms with Gasteiger partial charge in [0.15, 0.2) is 11.4 Å². The second-order valence-corrected chi connectivity index (χ2v) is 1.37. The van der Waals surface area contributed by atoms with Gasteiger partial charge >= 0.3 is 0 Å². The highest BCUT2D eigenvalue weighted by Crippen LogP contribution is 1.80. The Morgan fingerprint density at radius 1 is 1.00 bits per heavy atom. The van der Waals surface area contributed by atoms with Gasteiger partial charge in [-0.05, 0) is 0 Å². The maximum Gasteiger partial charge on any atom is 0.171 e. The topological polar surface area (TPSA) is 72.3 Å². The summed E-state index contributed by atoms with van der Waals surface area (Å²) < 4.78 is 0. The maximum absolute atomic E-state index is 8.35. The fraction of sp³-hybridized carbons (Fsp3) is 0.333. The zero-order valence-electron chi connectivity index (χ0n) is 5.79. The van der Waals surface area contributed by atoms with Gasteiger partial charge in [0.1, 0.15) is 12.1 Å². The Hall–Kier alpha value is -1.68. The van der Waals surface area contributed by atoms with E-state index in [-0.39, 0.29) is 11.4 Å². The predicted octanol–water partition coefficient (Wildman–Crippen LogP) is 0.175. The highest BCUT2D eigenvalue weighted by molar-refractivity contribution is 6.53. The summed E-state index contributed by atoms with van der Waals surface area (Å²) in [7, 11) is 2.89. The molecule has 0 aliphatic heterocycles. The Labute approximate surface area is 59.1 Å². The monoisotopic (exact) mass is 134 g/mol. The Morgan fingerprint density at radius 3 is 1.40 bits per heavy atom. The van der Waals surface area contributed by atoms with Crippen LogP contribution in [-0.2, 0) is 0 Å². The molecule has 4 heteroatoms. The van der Waals surface area contributed by atoms with Gasteiger partial charge in [0.05, 0.1) is 0 Å². The summed E-state index contributed by atoms with van der Waals surface area (Å²) in [4.78, 5) is 7.10. The number of hydrogen-bond acceptors (Lipinski definition) is 4. The molecule has 0 aromatic carbocycles. The first-order chi connectivity index (χ1) is 4.79. The molecule has 0 spiro atoms. The highest BCUT2D eigenvalue weighted by atomic mass is 14.8. The van der Waals surface area contributed by atoms with E-state index < -0.39 is 0 Å². The Morgan fingerprint density at radius 2 is 1.30 bits per heavy atom. The van der Waals surface area contributed by atoms with Crippen molar-refractivity contribution in [2.75, 3.05) is 14.1 Å². The molecule has 0 fully saturated rings. The van der Waals surface area contributed by atoms with Crippen LogP contribution in [0.2, 0.25) is 0 Å². The van der Waals surface area contributed by atoms with Crippen LogP contribution >= 0.6 is 0 Å². The van der Waals surface area contributed by atoms with Gasteiger partial charge in [0.2, 0.25) is 0 Å². The molecular formula is C6H6N4. The molecule has 0 radical (unpaired) electrons. The van der Waals surface area contributed by atoms with Gasteiger partial charge in [-0.1, -0.05) is 0 Å². The molecule has 0 saturated heterocycles. The molecule has 0 aromatic rings. The molecule has 0 N–H and O–H groups in total. The lowest BCUT2D eigenvalue weighted by atomic mass is 10.3. The lowest BCUT2D eigenvalue weighted by molar-refractivity contribution is 1.42. The highest BCUT2D eigenvalue weighted by Gasteiger charge is 2.03. The zero-order valence-corrected chi connectivity index (χ0v) is 5.79. The third-order valence-electron chi connectivity index (χ3n) is 0.883. The third kappa shape index (κ3) is 1.68. The van der Waals surface area contributed by atoms with Crippen LogP contribution in [0.1, 0.15) is 0 Å². The van der Waals surface area contributed by atoms with Crippen molar-refractivity contribution in [3.05, 3.63) is 0 Å². The van der Waals surface area contributed by atoms with E-state index >= 15 is 0 Å². The molecule has 50 valence electrons. The summed E-state index contributed by atoms with van der Waals surface area (Å²) in [6, 6.07) is 3.50. The number of aliphatic imine (C=N–C) groups is 2. The van der Waals surface area contributed by atoms with Gasteiger partial charge in [-0.25, -0.2) is 0 Å². The normalized spacial score (nSPS) is 12.0. The van der Waals surface area contributed by atoms with E-state index in [9.17, 15) is 0 Å². The van der Waals surface area contributed by atoms with Crippen LogP contribution < -0.4 is 0 Å². The largest absolute Gasteiger partial charge is 0.275 e. The van der Waals surface area contributed by atoms with E-state index in [0.29, 0.717) is 0 Å².